The Bertz CT molecular complexity index is 686. The van der Waals surface area contributed by atoms with E-state index in [0.29, 0.717) is 5.56 Å². The number of nitrogens with zero attached hydrogens (tertiary/aromatic N) is 2. The third-order valence-corrected chi connectivity index (χ3v) is 4.06. The van der Waals surface area contributed by atoms with Crippen LogP contribution in [0.3, 0.4) is 0 Å². The van der Waals surface area contributed by atoms with E-state index < -0.39 is 0 Å². The van der Waals surface area contributed by atoms with Gasteiger partial charge in [-0.15, -0.1) is 0 Å². The fourth-order valence-corrected chi connectivity index (χ4v) is 3.12. The maximum Gasteiger partial charge on any atom is 0.342 e. The Labute approximate surface area is 137 Å². The lowest BCUT2D eigenvalue weighted by Gasteiger charge is -2.19. The summed E-state index contributed by atoms with van der Waals surface area (Å²) in [5.74, 6) is 0.439. The van der Waals surface area contributed by atoms with Crippen molar-refractivity contribution in [3.05, 3.63) is 58.8 Å². The van der Waals surface area contributed by atoms with Gasteiger partial charge in [-0.3, -0.25) is 0 Å². The van der Waals surface area contributed by atoms with Crippen LogP contribution in [0.25, 0.3) is 0 Å². The van der Waals surface area contributed by atoms with Gasteiger partial charge in [0, 0.05) is 19.3 Å². The molecule has 0 radical (unpaired) electrons. The van der Waals surface area contributed by atoms with Gasteiger partial charge in [0.05, 0.1) is 0 Å². The van der Waals surface area contributed by atoms with Gasteiger partial charge >= 0.3 is 5.97 Å². The molecular weight excluding hydrogens is 288 g/mol. The van der Waals surface area contributed by atoms with Crippen LogP contribution in [0.1, 0.15) is 39.9 Å². The second kappa shape index (κ2) is 6.82. The monoisotopic (exact) mass is 310 g/mol. The van der Waals surface area contributed by atoms with E-state index in [4.69, 9.17) is 4.74 Å². The van der Waals surface area contributed by atoms with Crippen LogP contribution >= 0.6 is 0 Å². The number of rotatable bonds is 4. The Hall–Kier alpha value is -2.36. The summed E-state index contributed by atoms with van der Waals surface area (Å²) in [6, 6.07) is 9.78. The fourth-order valence-electron chi connectivity index (χ4n) is 3.12. The van der Waals surface area contributed by atoms with E-state index in [9.17, 15) is 4.79 Å². The Morgan fingerprint density at radius 3 is 2.57 bits per heavy atom. The lowest BCUT2D eigenvalue weighted by Crippen LogP contribution is -2.22. The summed E-state index contributed by atoms with van der Waals surface area (Å²) in [6.45, 7) is 6.29. The SMILES string of the molecule is Cc1cc(C)cc(COC(=O)c2cccnc2N2CCCC2)c1. The molecule has 4 nitrogen and oxygen atoms in total. The molecule has 0 saturated carbocycles. The largest absolute Gasteiger partial charge is 0.457 e. The van der Waals surface area contributed by atoms with Gasteiger partial charge in [0.15, 0.2) is 0 Å². The highest BCUT2D eigenvalue weighted by Gasteiger charge is 2.21. The molecule has 23 heavy (non-hydrogen) atoms. The number of ether oxygens (including phenoxy) is 1. The second-order valence-corrected chi connectivity index (χ2v) is 6.14. The van der Waals surface area contributed by atoms with Crippen molar-refractivity contribution in [1.82, 2.24) is 4.98 Å². The standard InChI is InChI=1S/C19H22N2O2/c1-14-10-15(2)12-16(11-14)13-23-19(22)17-6-5-7-20-18(17)21-8-3-4-9-21/h5-7,10-12H,3-4,8-9,13H2,1-2H3. The lowest BCUT2D eigenvalue weighted by molar-refractivity contribution is 0.0473. The number of hydrogen-bond acceptors (Lipinski definition) is 4. The quantitative estimate of drug-likeness (QED) is 0.808. The van der Waals surface area contributed by atoms with Crippen LogP contribution in [-0.4, -0.2) is 24.0 Å². The zero-order valence-corrected chi connectivity index (χ0v) is 13.7. The van der Waals surface area contributed by atoms with Crippen LogP contribution in [0.4, 0.5) is 5.82 Å². The second-order valence-electron chi connectivity index (χ2n) is 6.14. The topological polar surface area (TPSA) is 42.4 Å². The van der Waals surface area contributed by atoms with Crippen molar-refractivity contribution < 1.29 is 9.53 Å². The van der Waals surface area contributed by atoms with E-state index in [-0.39, 0.29) is 12.6 Å². The molecule has 0 unspecified atom stereocenters. The van der Waals surface area contributed by atoms with Crippen molar-refractivity contribution in [2.45, 2.75) is 33.3 Å². The van der Waals surface area contributed by atoms with Gasteiger partial charge in [0.1, 0.15) is 18.0 Å². The Morgan fingerprint density at radius 1 is 1.17 bits per heavy atom. The lowest BCUT2D eigenvalue weighted by atomic mass is 10.1. The fraction of sp³-hybridized carbons (Fsp3) is 0.368. The van der Waals surface area contributed by atoms with E-state index in [1.807, 2.05) is 26.0 Å². The molecule has 3 rings (SSSR count). The highest BCUT2D eigenvalue weighted by molar-refractivity contribution is 5.94. The molecule has 2 aromatic rings. The number of pyridine rings is 1. The normalized spacial score (nSPS) is 14.1. The first-order chi connectivity index (χ1) is 11.1. The number of esters is 1. The summed E-state index contributed by atoms with van der Waals surface area (Å²) in [6.07, 6.45) is 4.02. The van der Waals surface area contributed by atoms with Gasteiger partial charge in [0.2, 0.25) is 0 Å². The number of benzene rings is 1. The Morgan fingerprint density at radius 2 is 1.87 bits per heavy atom. The van der Waals surface area contributed by atoms with Gasteiger partial charge < -0.3 is 9.64 Å². The van der Waals surface area contributed by atoms with Crippen molar-refractivity contribution in [1.29, 1.82) is 0 Å². The molecule has 0 bridgehead atoms. The summed E-state index contributed by atoms with van der Waals surface area (Å²) < 4.78 is 5.52. The molecule has 0 N–H and O–H groups in total. The molecule has 1 fully saturated rings. The molecule has 0 aliphatic carbocycles. The number of aromatic nitrogens is 1. The van der Waals surface area contributed by atoms with Crippen molar-refractivity contribution in [2.24, 2.45) is 0 Å². The predicted octanol–water partition coefficient (Wildman–Crippen LogP) is 3.66. The van der Waals surface area contributed by atoms with Crippen LogP contribution in [0.2, 0.25) is 0 Å². The van der Waals surface area contributed by atoms with E-state index in [0.717, 1.165) is 37.3 Å². The van der Waals surface area contributed by atoms with E-state index in [1.165, 1.54) is 11.1 Å². The summed E-state index contributed by atoms with van der Waals surface area (Å²) in [5, 5.41) is 0. The molecule has 0 amide bonds. The highest BCUT2D eigenvalue weighted by atomic mass is 16.5. The molecule has 1 aliphatic heterocycles. The Balaban J connectivity index is 1.73. The van der Waals surface area contributed by atoms with Crippen molar-refractivity contribution in [3.63, 3.8) is 0 Å². The number of anilines is 1. The van der Waals surface area contributed by atoms with Gasteiger partial charge in [-0.05, 0) is 44.4 Å². The van der Waals surface area contributed by atoms with Gasteiger partial charge in [-0.25, -0.2) is 9.78 Å². The first-order valence-corrected chi connectivity index (χ1v) is 8.08. The molecule has 1 aromatic heterocycles. The van der Waals surface area contributed by atoms with Gasteiger partial charge in [-0.2, -0.15) is 0 Å². The van der Waals surface area contributed by atoms with E-state index in [2.05, 4.69) is 16.0 Å². The number of aryl methyl sites for hydroxylation is 2. The maximum absolute atomic E-state index is 12.5. The molecule has 120 valence electrons. The minimum absolute atomic E-state index is 0.287. The van der Waals surface area contributed by atoms with E-state index in [1.54, 1.807) is 18.3 Å². The average Bonchev–Trinajstić information content (AvgIpc) is 3.06. The summed E-state index contributed by atoms with van der Waals surface area (Å²) in [7, 11) is 0. The summed E-state index contributed by atoms with van der Waals surface area (Å²) in [5.41, 5.74) is 3.92. The minimum Gasteiger partial charge on any atom is -0.457 e. The van der Waals surface area contributed by atoms with Gasteiger partial charge in [0.25, 0.3) is 0 Å². The van der Waals surface area contributed by atoms with Crippen LogP contribution < -0.4 is 4.90 Å². The van der Waals surface area contributed by atoms with Crippen LogP contribution in [0.5, 0.6) is 0 Å². The zero-order valence-electron chi connectivity index (χ0n) is 13.7. The molecular formula is C19H22N2O2. The van der Waals surface area contributed by atoms with Crippen LogP contribution in [-0.2, 0) is 11.3 Å². The average molecular weight is 310 g/mol. The van der Waals surface area contributed by atoms with Crippen molar-refractivity contribution in [3.8, 4) is 0 Å². The summed E-state index contributed by atoms with van der Waals surface area (Å²) >= 11 is 0. The number of hydrogen-bond donors (Lipinski definition) is 0. The summed E-state index contributed by atoms with van der Waals surface area (Å²) in [4.78, 5) is 19.0. The molecule has 0 atom stereocenters. The van der Waals surface area contributed by atoms with Crippen molar-refractivity contribution in [2.75, 3.05) is 18.0 Å². The third-order valence-electron chi connectivity index (χ3n) is 4.06. The smallest absolute Gasteiger partial charge is 0.342 e. The molecule has 1 saturated heterocycles. The first kappa shape index (κ1) is 15.5. The van der Waals surface area contributed by atoms with Crippen LogP contribution in [0.15, 0.2) is 36.5 Å². The molecule has 2 heterocycles. The highest BCUT2D eigenvalue weighted by Crippen LogP contribution is 2.23. The molecule has 1 aliphatic rings. The maximum atomic E-state index is 12.5. The zero-order chi connectivity index (χ0) is 16.2. The molecule has 4 heteroatoms. The Kier molecular flexibility index (Phi) is 4.60. The predicted molar refractivity (Wildman–Crippen MR) is 90.7 cm³/mol. The third kappa shape index (κ3) is 3.70. The van der Waals surface area contributed by atoms with Gasteiger partial charge in [-0.1, -0.05) is 29.3 Å². The van der Waals surface area contributed by atoms with E-state index >= 15 is 0 Å². The first-order valence-electron chi connectivity index (χ1n) is 8.08. The van der Waals surface area contributed by atoms with Crippen LogP contribution in [0, 0.1) is 13.8 Å². The molecule has 1 aromatic carbocycles. The molecule has 0 spiro atoms. The number of carbonyl (C=O) groups is 1. The van der Waals surface area contributed by atoms with Crippen molar-refractivity contribution >= 4 is 11.8 Å². The minimum atomic E-state index is -0.306. The number of carbonyl (C=O) groups excluding carboxylic acids is 1.